The fraction of sp³-hybridized carbons (Fsp3) is 0.450. The first-order valence-corrected chi connectivity index (χ1v) is 8.74. The third-order valence-electron chi connectivity index (χ3n) is 3.88. The van der Waals surface area contributed by atoms with Gasteiger partial charge in [0.25, 0.3) is 0 Å². The largest absolute Gasteiger partial charge is 0.494 e. The Bertz CT molecular complexity index is 590. The van der Waals surface area contributed by atoms with Crippen LogP contribution < -0.4 is 4.74 Å². The second-order valence-electron chi connectivity index (χ2n) is 5.86. The summed E-state index contributed by atoms with van der Waals surface area (Å²) in [5, 5.41) is 0. The predicted molar refractivity (Wildman–Crippen MR) is 94.7 cm³/mol. The number of hydrogen-bond donors (Lipinski definition) is 0. The van der Waals surface area contributed by atoms with E-state index in [0.29, 0.717) is 26.1 Å². The van der Waals surface area contributed by atoms with Crippen LogP contribution in [0.4, 0.5) is 0 Å². The van der Waals surface area contributed by atoms with Crippen molar-refractivity contribution in [2.45, 2.75) is 52.6 Å². The van der Waals surface area contributed by atoms with E-state index >= 15 is 0 Å². The summed E-state index contributed by atoms with van der Waals surface area (Å²) >= 11 is 0. The fourth-order valence-corrected chi connectivity index (χ4v) is 2.59. The predicted octanol–water partition coefficient (Wildman–Crippen LogP) is 4.79. The standard InChI is InChI=1S/C20H27NO3/c1-3-5-6-9-20(22)21(16-19-8-7-14-24-19)15-17-10-12-18(13-11-17)23-4-2/h7-8,10-14H,3-6,9,15-16H2,1-2H3. The minimum atomic E-state index is 0.175. The summed E-state index contributed by atoms with van der Waals surface area (Å²) in [4.78, 5) is 14.4. The Morgan fingerprint density at radius 1 is 1.08 bits per heavy atom. The van der Waals surface area contributed by atoms with Gasteiger partial charge in [0.05, 0.1) is 19.4 Å². The molecule has 0 atom stereocenters. The molecule has 0 unspecified atom stereocenters. The number of hydrogen-bond acceptors (Lipinski definition) is 3. The minimum Gasteiger partial charge on any atom is -0.494 e. The first-order valence-electron chi connectivity index (χ1n) is 8.74. The lowest BCUT2D eigenvalue weighted by molar-refractivity contribution is -0.132. The maximum absolute atomic E-state index is 12.6. The molecule has 24 heavy (non-hydrogen) atoms. The van der Waals surface area contributed by atoms with Gasteiger partial charge in [-0.25, -0.2) is 0 Å². The molecule has 2 aromatic rings. The summed E-state index contributed by atoms with van der Waals surface area (Å²) in [5.74, 6) is 1.84. The van der Waals surface area contributed by atoms with Crippen molar-refractivity contribution < 1.29 is 13.9 Å². The van der Waals surface area contributed by atoms with Gasteiger partial charge in [-0.1, -0.05) is 31.9 Å². The first-order chi connectivity index (χ1) is 11.7. The van der Waals surface area contributed by atoms with E-state index in [1.807, 2.05) is 48.2 Å². The van der Waals surface area contributed by atoms with Crippen molar-refractivity contribution in [3.8, 4) is 5.75 Å². The van der Waals surface area contributed by atoms with E-state index in [1.165, 1.54) is 0 Å². The normalized spacial score (nSPS) is 10.6. The molecular formula is C20H27NO3. The van der Waals surface area contributed by atoms with Gasteiger partial charge in [0.15, 0.2) is 0 Å². The maximum Gasteiger partial charge on any atom is 0.223 e. The van der Waals surface area contributed by atoms with Gasteiger partial charge in [-0.2, -0.15) is 0 Å². The molecule has 0 fully saturated rings. The van der Waals surface area contributed by atoms with Crippen LogP contribution in [0.1, 0.15) is 50.9 Å². The summed E-state index contributed by atoms with van der Waals surface area (Å²) in [6.45, 7) is 5.85. The van der Waals surface area contributed by atoms with Crippen LogP contribution in [0.5, 0.6) is 5.75 Å². The summed E-state index contributed by atoms with van der Waals surface area (Å²) in [5.41, 5.74) is 1.09. The van der Waals surface area contributed by atoms with Crippen molar-refractivity contribution in [3.05, 3.63) is 54.0 Å². The molecule has 0 spiro atoms. The molecule has 0 aliphatic rings. The average Bonchev–Trinajstić information content (AvgIpc) is 3.09. The van der Waals surface area contributed by atoms with Gasteiger partial charge in [0.1, 0.15) is 11.5 Å². The van der Waals surface area contributed by atoms with Crippen LogP contribution in [0.15, 0.2) is 47.1 Å². The number of nitrogens with zero attached hydrogens (tertiary/aromatic N) is 1. The van der Waals surface area contributed by atoms with E-state index in [0.717, 1.165) is 36.3 Å². The van der Waals surface area contributed by atoms with Crippen LogP contribution in [0, 0.1) is 0 Å². The van der Waals surface area contributed by atoms with Gasteiger partial charge >= 0.3 is 0 Å². The lowest BCUT2D eigenvalue weighted by Crippen LogP contribution is -2.29. The minimum absolute atomic E-state index is 0.175. The Morgan fingerprint density at radius 3 is 2.50 bits per heavy atom. The fourth-order valence-electron chi connectivity index (χ4n) is 2.59. The Kier molecular flexibility index (Phi) is 7.40. The van der Waals surface area contributed by atoms with Gasteiger partial charge < -0.3 is 14.1 Å². The third kappa shape index (κ3) is 5.76. The number of carbonyl (C=O) groups is 1. The number of amides is 1. The molecule has 1 heterocycles. The molecule has 0 aliphatic heterocycles. The number of benzene rings is 1. The Morgan fingerprint density at radius 2 is 1.88 bits per heavy atom. The number of ether oxygens (including phenoxy) is 1. The maximum atomic E-state index is 12.6. The van der Waals surface area contributed by atoms with Crippen molar-refractivity contribution in [3.63, 3.8) is 0 Å². The molecule has 1 amide bonds. The number of furan rings is 1. The molecule has 0 aliphatic carbocycles. The Balaban J connectivity index is 2.02. The van der Waals surface area contributed by atoms with Crippen LogP contribution in [-0.2, 0) is 17.9 Å². The van der Waals surface area contributed by atoms with Crippen LogP contribution in [0.2, 0.25) is 0 Å². The van der Waals surface area contributed by atoms with E-state index < -0.39 is 0 Å². The van der Waals surface area contributed by atoms with Crippen LogP contribution in [0.25, 0.3) is 0 Å². The first kappa shape index (κ1) is 18.1. The molecule has 0 bridgehead atoms. The molecule has 0 radical (unpaired) electrons. The van der Waals surface area contributed by atoms with E-state index in [4.69, 9.17) is 9.15 Å². The van der Waals surface area contributed by atoms with Crippen molar-refractivity contribution >= 4 is 5.91 Å². The molecule has 4 heteroatoms. The van der Waals surface area contributed by atoms with Crippen LogP contribution in [0.3, 0.4) is 0 Å². The zero-order chi connectivity index (χ0) is 17.2. The summed E-state index contributed by atoms with van der Waals surface area (Å²) in [6, 6.07) is 11.7. The molecule has 1 aromatic heterocycles. The number of rotatable bonds is 10. The zero-order valence-electron chi connectivity index (χ0n) is 14.7. The molecule has 130 valence electrons. The Labute approximate surface area is 144 Å². The Hall–Kier alpha value is -2.23. The van der Waals surface area contributed by atoms with Gasteiger partial charge in [-0.05, 0) is 43.2 Å². The summed E-state index contributed by atoms with van der Waals surface area (Å²) in [7, 11) is 0. The summed E-state index contributed by atoms with van der Waals surface area (Å²) in [6.07, 6.45) is 5.37. The van der Waals surface area contributed by atoms with Gasteiger partial charge in [-0.15, -0.1) is 0 Å². The van der Waals surface area contributed by atoms with Gasteiger partial charge in [0.2, 0.25) is 5.91 Å². The van der Waals surface area contributed by atoms with Crippen molar-refractivity contribution in [1.29, 1.82) is 0 Å². The average molecular weight is 329 g/mol. The van der Waals surface area contributed by atoms with Crippen molar-refractivity contribution in [2.75, 3.05) is 6.61 Å². The quantitative estimate of drug-likeness (QED) is 0.589. The summed E-state index contributed by atoms with van der Waals surface area (Å²) < 4.78 is 10.9. The highest BCUT2D eigenvalue weighted by molar-refractivity contribution is 5.76. The lowest BCUT2D eigenvalue weighted by Gasteiger charge is -2.22. The second kappa shape index (κ2) is 9.81. The smallest absolute Gasteiger partial charge is 0.223 e. The molecule has 4 nitrogen and oxygen atoms in total. The van der Waals surface area contributed by atoms with E-state index in [2.05, 4.69) is 6.92 Å². The van der Waals surface area contributed by atoms with Gasteiger partial charge in [-0.3, -0.25) is 4.79 Å². The molecule has 1 aromatic carbocycles. The molecular weight excluding hydrogens is 302 g/mol. The highest BCUT2D eigenvalue weighted by Crippen LogP contribution is 2.17. The van der Waals surface area contributed by atoms with Crippen molar-refractivity contribution in [1.82, 2.24) is 4.90 Å². The van der Waals surface area contributed by atoms with E-state index in [9.17, 15) is 4.79 Å². The third-order valence-corrected chi connectivity index (χ3v) is 3.88. The lowest BCUT2D eigenvalue weighted by atomic mass is 10.1. The molecule has 2 rings (SSSR count). The number of unbranched alkanes of at least 4 members (excludes halogenated alkanes) is 2. The topological polar surface area (TPSA) is 42.7 Å². The monoisotopic (exact) mass is 329 g/mol. The highest BCUT2D eigenvalue weighted by Gasteiger charge is 2.15. The molecule has 0 saturated carbocycles. The van der Waals surface area contributed by atoms with Crippen LogP contribution >= 0.6 is 0 Å². The van der Waals surface area contributed by atoms with E-state index in [1.54, 1.807) is 6.26 Å². The van der Waals surface area contributed by atoms with E-state index in [-0.39, 0.29) is 5.91 Å². The highest BCUT2D eigenvalue weighted by atomic mass is 16.5. The van der Waals surface area contributed by atoms with Crippen molar-refractivity contribution in [2.24, 2.45) is 0 Å². The molecule has 0 saturated heterocycles. The van der Waals surface area contributed by atoms with Gasteiger partial charge in [0, 0.05) is 13.0 Å². The molecule has 0 N–H and O–H groups in total. The SMILES string of the molecule is CCCCCC(=O)N(Cc1ccc(OCC)cc1)Cc1ccco1. The zero-order valence-corrected chi connectivity index (χ0v) is 14.7. The number of carbonyl (C=O) groups excluding carboxylic acids is 1. The second-order valence-corrected chi connectivity index (χ2v) is 5.86. The van der Waals surface area contributed by atoms with Crippen LogP contribution in [-0.4, -0.2) is 17.4 Å².